The van der Waals surface area contributed by atoms with Crippen LogP contribution in [-0.2, 0) is 11.2 Å². The van der Waals surface area contributed by atoms with Crippen molar-refractivity contribution < 1.29 is 4.74 Å². The molecule has 0 bridgehead atoms. The smallest absolute Gasteiger partial charge is 0.191 e. The predicted octanol–water partition coefficient (Wildman–Crippen LogP) is 4.37. The molecule has 2 heterocycles. The van der Waals surface area contributed by atoms with Crippen molar-refractivity contribution in [1.29, 1.82) is 0 Å². The average molecular weight is 545 g/mol. The molecular weight excluding hydrogens is 513 g/mol. The highest BCUT2D eigenvalue weighted by molar-refractivity contribution is 14.0. The summed E-state index contributed by atoms with van der Waals surface area (Å²) in [5, 5.41) is 11.1. The van der Waals surface area contributed by atoms with Gasteiger partial charge in [0.1, 0.15) is 0 Å². The van der Waals surface area contributed by atoms with Gasteiger partial charge in [-0.3, -0.25) is 4.99 Å². The highest BCUT2D eigenvalue weighted by atomic mass is 127. The Bertz CT molecular complexity index is 944. The van der Waals surface area contributed by atoms with E-state index in [4.69, 9.17) is 9.73 Å². The minimum absolute atomic E-state index is 0. The Morgan fingerprint density at radius 2 is 1.91 bits per heavy atom. The highest BCUT2D eigenvalue weighted by Gasteiger charge is 2.29. The number of nitrogens with zero attached hydrogens (tertiary/aromatic N) is 3. The number of rotatable bonds is 8. The molecule has 1 aromatic heterocycles. The lowest BCUT2D eigenvalue weighted by molar-refractivity contribution is 0.0925. The third-order valence-corrected chi connectivity index (χ3v) is 5.58. The Hall–Kier alpha value is -2.39. The first-order valence-corrected chi connectivity index (χ1v) is 11.1. The van der Waals surface area contributed by atoms with Crippen LogP contribution in [-0.4, -0.2) is 42.0 Å². The van der Waals surface area contributed by atoms with E-state index in [0.717, 1.165) is 50.7 Å². The van der Waals surface area contributed by atoms with E-state index >= 15 is 0 Å². The maximum absolute atomic E-state index is 6.00. The fourth-order valence-corrected chi connectivity index (χ4v) is 3.94. The van der Waals surface area contributed by atoms with Crippen LogP contribution in [0, 0.1) is 5.92 Å². The third kappa shape index (κ3) is 6.56. The molecule has 2 N–H and O–H groups in total. The largest absolute Gasteiger partial charge is 0.373 e. The first-order valence-electron chi connectivity index (χ1n) is 11.1. The van der Waals surface area contributed by atoms with Crippen molar-refractivity contribution in [3.05, 3.63) is 84.2 Å². The second kappa shape index (κ2) is 12.6. The van der Waals surface area contributed by atoms with Gasteiger partial charge in [0.2, 0.25) is 0 Å². The molecule has 3 aromatic rings. The standard InChI is InChI=1S/C25H31N5O.HI/c1-2-26-25(28-19-22-14-18-31-24(22)21-7-4-3-5-8-21)27-16-13-20-9-11-23(12-10-20)30-17-6-15-29-30;/h3-12,15,17,22,24H,2,13-14,16,18-19H2,1H3,(H2,26,27,28);1H. The molecule has 0 amide bonds. The summed E-state index contributed by atoms with van der Waals surface area (Å²) in [6.45, 7) is 5.33. The SMILES string of the molecule is CCNC(=NCC1CCOC1c1ccccc1)NCCc1ccc(-n2cccn2)cc1.I. The summed E-state index contributed by atoms with van der Waals surface area (Å²) in [5.41, 5.74) is 3.60. The van der Waals surface area contributed by atoms with Crippen LogP contribution in [0.15, 0.2) is 78.0 Å². The van der Waals surface area contributed by atoms with Crippen molar-refractivity contribution in [2.75, 3.05) is 26.2 Å². The zero-order valence-electron chi connectivity index (χ0n) is 18.5. The summed E-state index contributed by atoms with van der Waals surface area (Å²) >= 11 is 0. The first kappa shape index (κ1) is 24.3. The molecule has 170 valence electrons. The van der Waals surface area contributed by atoms with Gasteiger partial charge in [-0.2, -0.15) is 5.10 Å². The number of halogens is 1. The second-order valence-electron chi connectivity index (χ2n) is 7.76. The Balaban J connectivity index is 0.00000289. The molecule has 1 aliphatic heterocycles. The van der Waals surface area contributed by atoms with Crippen LogP contribution in [0.3, 0.4) is 0 Å². The van der Waals surface area contributed by atoms with E-state index in [1.54, 1.807) is 6.20 Å². The van der Waals surface area contributed by atoms with Crippen molar-refractivity contribution in [2.24, 2.45) is 10.9 Å². The van der Waals surface area contributed by atoms with Crippen LogP contribution in [0.25, 0.3) is 5.69 Å². The van der Waals surface area contributed by atoms with E-state index in [1.807, 2.05) is 23.0 Å². The van der Waals surface area contributed by atoms with Crippen LogP contribution >= 0.6 is 24.0 Å². The Morgan fingerprint density at radius 3 is 2.62 bits per heavy atom. The van der Waals surface area contributed by atoms with Crippen molar-refractivity contribution in [3.8, 4) is 5.69 Å². The van der Waals surface area contributed by atoms with Gasteiger partial charge in [0, 0.05) is 44.6 Å². The Kier molecular flexibility index (Phi) is 9.55. The molecule has 2 unspecified atom stereocenters. The molecule has 0 spiro atoms. The highest BCUT2D eigenvalue weighted by Crippen LogP contribution is 2.34. The molecule has 1 fully saturated rings. The summed E-state index contributed by atoms with van der Waals surface area (Å²) in [4.78, 5) is 4.85. The lowest BCUT2D eigenvalue weighted by Gasteiger charge is -2.18. The molecule has 0 radical (unpaired) electrons. The van der Waals surface area contributed by atoms with Crippen LogP contribution in [0.4, 0.5) is 0 Å². The predicted molar refractivity (Wildman–Crippen MR) is 140 cm³/mol. The molecule has 6 nitrogen and oxygen atoms in total. The number of aliphatic imine (C=N–C) groups is 1. The van der Waals surface area contributed by atoms with Crippen LogP contribution in [0.1, 0.15) is 30.6 Å². The lowest BCUT2D eigenvalue weighted by Crippen LogP contribution is -2.38. The van der Waals surface area contributed by atoms with Crippen molar-refractivity contribution >= 4 is 29.9 Å². The minimum atomic E-state index is 0. The number of guanidine groups is 1. The Labute approximate surface area is 207 Å². The van der Waals surface area contributed by atoms with Crippen LogP contribution in [0.5, 0.6) is 0 Å². The number of benzene rings is 2. The fraction of sp³-hybridized carbons (Fsp3) is 0.360. The minimum Gasteiger partial charge on any atom is -0.373 e. The van der Waals surface area contributed by atoms with Gasteiger partial charge in [0.25, 0.3) is 0 Å². The monoisotopic (exact) mass is 545 g/mol. The molecule has 1 saturated heterocycles. The van der Waals surface area contributed by atoms with Gasteiger partial charge in [0.15, 0.2) is 5.96 Å². The second-order valence-corrected chi connectivity index (χ2v) is 7.76. The van der Waals surface area contributed by atoms with Gasteiger partial charge in [-0.15, -0.1) is 24.0 Å². The Morgan fingerprint density at radius 1 is 1.09 bits per heavy atom. The maximum Gasteiger partial charge on any atom is 0.191 e. The van der Waals surface area contributed by atoms with E-state index < -0.39 is 0 Å². The zero-order valence-corrected chi connectivity index (χ0v) is 20.8. The molecule has 2 aromatic carbocycles. The molecule has 4 rings (SSSR count). The molecule has 0 saturated carbocycles. The topological polar surface area (TPSA) is 63.5 Å². The van der Waals surface area contributed by atoms with E-state index in [-0.39, 0.29) is 30.1 Å². The fourth-order valence-electron chi connectivity index (χ4n) is 3.94. The molecular formula is C25H32IN5O. The van der Waals surface area contributed by atoms with Gasteiger partial charge in [-0.05, 0) is 49.1 Å². The number of ether oxygens (including phenoxy) is 1. The zero-order chi connectivity index (χ0) is 21.3. The molecule has 2 atom stereocenters. The quantitative estimate of drug-likeness (QED) is 0.251. The summed E-state index contributed by atoms with van der Waals surface area (Å²) in [6.07, 6.45) is 5.86. The van der Waals surface area contributed by atoms with Crippen molar-refractivity contribution in [3.63, 3.8) is 0 Å². The number of hydrogen-bond acceptors (Lipinski definition) is 3. The number of hydrogen-bond donors (Lipinski definition) is 2. The van der Waals surface area contributed by atoms with Gasteiger partial charge in [0.05, 0.1) is 11.8 Å². The van der Waals surface area contributed by atoms with Gasteiger partial charge < -0.3 is 15.4 Å². The van der Waals surface area contributed by atoms with Crippen LogP contribution < -0.4 is 10.6 Å². The summed E-state index contributed by atoms with van der Waals surface area (Å²) in [5.74, 6) is 1.28. The average Bonchev–Trinajstić information content (AvgIpc) is 3.51. The summed E-state index contributed by atoms with van der Waals surface area (Å²) in [6, 6.07) is 20.9. The number of nitrogens with one attached hydrogen (secondary N) is 2. The van der Waals surface area contributed by atoms with Crippen molar-refractivity contribution in [1.82, 2.24) is 20.4 Å². The normalized spacial score (nSPS) is 18.2. The van der Waals surface area contributed by atoms with E-state index in [9.17, 15) is 0 Å². The summed E-state index contributed by atoms with van der Waals surface area (Å²) < 4.78 is 7.87. The van der Waals surface area contributed by atoms with Crippen LogP contribution in [0.2, 0.25) is 0 Å². The van der Waals surface area contributed by atoms with Gasteiger partial charge >= 0.3 is 0 Å². The molecule has 32 heavy (non-hydrogen) atoms. The van der Waals surface area contributed by atoms with Crippen molar-refractivity contribution in [2.45, 2.75) is 25.9 Å². The maximum atomic E-state index is 6.00. The van der Waals surface area contributed by atoms with E-state index in [2.05, 4.69) is 71.2 Å². The third-order valence-electron chi connectivity index (χ3n) is 5.58. The van der Waals surface area contributed by atoms with E-state index in [0.29, 0.717) is 5.92 Å². The molecule has 7 heteroatoms. The van der Waals surface area contributed by atoms with E-state index in [1.165, 1.54) is 11.1 Å². The first-order chi connectivity index (χ1) is 15.3. The van der Waals surface area contributed by atoms with Gasteiger partial charge in [-0.1, -0.05) is 42.5 Å². The summed E-state index contributed by atoms with van der Waals surface area (Å²) in [7, 11) is 0. The number of aromatic nitrogens is 2. The lowest BCUT2D eigenvalue weighted by atomic mass is 9.95. The van der Waals surface area contributed by atoms with Gasteiger partial charge in [-0.25, -0.2) is 4.68 Å². The molecule has 1 aliphatic rings. The molecule has 0 aliphatic carbocycles.